The third-order valence-corrected chi connectivity index (χ3v) is 4.51. The predicted molar refractivity (Wildman–Crippen MR) is 117 cm³/mol. The lowest BCUT2D eigenvalue weighted by molar-refractivity contribution is 0.101. The summed E-state index contributed by atoms with van der Waals surface area (Å²) in [6.45, 7) is 4.19. The molecule has 0 aromatic heterocycles. The molecule has 2 aromatic carbocycles. The lowest BCUT2D eigenvalue weighted by Crippen LogP contribution is -2.36. The zero-order valence-corrected chi connectivity index (χ0v) is 17.6. The molecule has 0 amide bonds. The van der Waals surface area contributed by atoms with Gasteiger partial charge in [-0.2, -0.15) is 5.26 Å². The molecule has 2 aromatic rings. The number of ether oxygens (including phenoxy) is 1. The number of nitrogens with one attached hydrogen (secondary N) is 1. The summed E-state index contributed by atoms with van der Waals surface area (Å²) >= 11 is 0. The fraction of sp³-hybridized carbons (Fsp3) is 0.348. The van der Waals surface area contributed by atoms with Crippen molar-refractivity contribution >= 4 is 18.0 Å². The third-order valence-electron chi connectivity index (χ3n) is 4.51. The second-order valence-corrected chi connectivity index (χ2v) is 6.90. The minimum Gasteiger partial charge on any atom is -0.488 e. The molecule has 2 N–H and O–H groups in total. The van der Waals surface area contributed by atoms with Gasteiger partial charge in [-0.25, -0.2) is 4.39 Å². The minimum atomic E-state index is -0.738. The van der Waals surface area contributed by atoms with Crippen molar-refractivity contribution in [3.8, 4) is 11.8 Å². The molecule has 0 saturated heterocycles. The lowest BCUT2D eigenvalue weighted by Gasteiger charge is -2.18. The van der Waals surface area contributed by atoms with Crippen molar-refractivity contribution in [1.82, 2.24) is 5.32 Å². The van der Waals surface area contributed by atoms with Crippen molar-refractivity contribution < 1.29 is 14.2 Å². The Labute approximate surface area is 178 Å². The Kier molecular flexibility index (Phi) is 11.0. The van der Waals surface area contributed by atoms with E-state index in [0.29, 0.717) is 17.7 Å². The van der Waals surface area contributed by atoms with Crippen molar-refractivity contribution in [3.63, 3.8) is 0 Å². The Morgan fingerprint density at radius 3 is 2.66 bits per heavy atom. The molecule has 0 radical (unpaired) electrons. The van der Waals surface area contributed by atoms with Gasteiger partial charge in [-0.3, -0.25) is 0 Å². The van der Waals surface area contributed by atoms with Crippen LogP contribution in [0.5, 0.6) is 5.75 Å². The van der Waals surface area contributed by atoms with Gasteiger partial charge in [-0.05, 0) is 55.5 Å². The summed E-state index contributed by atoms with van der Waals surface area (Å²) in [5.74, 6) is -0.427. The summed E-state index contributed by atoms with van der Waals surface area (Å²) in [4.78, 5) is 0. The SMILES string of the molecule is C/C(=C/C#N)c1ccc(OCC(O)CNC(C)CCc2ccccc2)c(F)c1.Cl. The van der Waals surface area contributed by atoms with Crippen LogP contribution in [0.25, 0.3) is 5.57 Å². The smallest absolute Gasteiger partial charge is 0.165 e. The molecule has 0 aliphatic carbocycles. The summed E-state index contributed by atoms with van der Waals surface area (Å²) in [6, 6.07) is 17.0. The van der Waals surface area contributed by atoms with Gasteiger partial charge in [-0.15, -0.1) is 12.4 Å². The van der Waals surface area contributed by atoms with Crippen molar-refractivity contribution in [2.45, 2.75) is 38.8 Å². The molecule has 0 bridgehead atoms. The second kappa shape index (κ2) is 12.9. The van der Waals surface area contributed by atoms with Gasteiger partial charge >= 0.3 is 0 Å². The summed E-state index contributed by atoms with van der Waals surface area (Å²) < 4.78 is 19.5. The molecule has 6 heteroatoms. The number of nitriles is 1. The molecular weight excluding hydrogens is 391 g/mol. The van der Waals surface area contributed by atoms with E-state index in [9.17, 15) is 9.50 Å². The molecule has 2 unspecified atom stereocenters. The Hall–Kier alpha value is -2.39. The number of aliphatic hydroxyl groups excluding tert-OH is 1. The first-order valence-corrected chi connectivity index (χ1v) is 9.44. The van der Waals surface area contributed by atoms with E-state index in [0.717, 1.165) is 12.8 Å². The Morgan fingerprint density at radius 1 is 1.28 bits per heavy atom. The van der Waals surface area contributed by atoms with Crippen molar-refractivity contribution in [2.24, 2.45) is 0 Å². The molecule has 0 aliphatic heterocycles. The van der Waals surface area contributed by atoms with E-state index in [2.05, 4.69) is 24.4 Å². The van der Waals surface area contributed by atoms with E-state index in [1.54, 1.807) is 13.0 Å². The molecule has 0 saturated carbocycles. The number of nitrogens with zero attached hydrogens (tertiary/aromatic N) is 1. The number of hydrogen-bond acceptors (Lipinski definition) is 4. The van der Waals surface area contributed by atoms with Crippen LogP contribution in [0.1, 0.15) is 31.4 Å². The molecule has 0 spiro atoms. The average molecular weight is 419 g/mol. The highest BCUT2D eigenvalue weighted by Crippen LogP contribution is 2.22. The highest BCUT2D eigenvalue weighted by atomic mass is 35.5. The Bertz CT molecular complexity index is 821. The van der Waals surface area contributed by atoms with Gasteiger partial charge < -0.3 is 15.2 Å². The fourth-order valence-corrected chi connectivity index (χ4v) is 2.76. The third kappa shape index (κ3) is 8.66. The first kappa shape index (κ1) is 24.6. The van der Waals surface area contributed by atoms with E-state index >= 15 is 0 Å². The van der Waals surface area contributed by atoms with E-state index in [1.165, 1.54) is 23.8 Å². The Morgan fingerprint density at radius 2 is 2.00 bits per heavy atom. The van der Waals surface area contributed by atoms with Crippen LogP contribution in [-0.4, -0.2) is 30.4 Å². The minimum absolute atomic E-state index is 0. The summed E-state index contributed by atoms with van der Waals surface area (Å²) in [6.07, 6.45) is 2.56. The van der Waals surface area contributed by atoms with Crippen LogP contribution >= 0.6 is 12.4 Å². The van der Waals surface area contributed by atoms with Crippen LogP contribution in [0.15, 0.2) is 54.6 Å². The standard InChI is InChI=1S/C23H27FN2O2.ClH/c1-17(12-13-25)20-10-11-23(22(24)14-20)28-16-21(27)15-26-18(2)8-9-19-6-4-3-5-7-19;/h3-7,10-12,14,18,21,26-27H,8-9,15-16H2,1-2H3;1H/b17-12-;. The van der Waals surface area contributed by atoms with Crippen LogP contribution in [0, 0.1) is 17.1 Å². The maximum Gasteiger partial charge on any atom is 0.165 e. The molecule has 156 valence electrons. The first-order chi connectivity index (χ1) is 13.5. The van der Waals surface area contributed by atoms with Crippen LogP contribution in [0.4, 0.5) is 4.39 Å². The monoisotopic (exact) mass is 418 g/mol. The molecule has 4 nitrogen and oxygen atoms in total. The first-order valence-electron chi connectivity index (χ1n) is 9.44. The van der Waals surface area contributed by atoms with Gasteiger partial charge in [0.25, 0.3) is 0 Å². The van der Waals surface area contributed by atoms with Crippen LogP contribution in [-0.2, 0) is 6.42 Å². The number of rotatable bonds is 10. The topological polar surface area (TPSA) is 65.3 Å². The van der Waals surface area contributed by atoms with Gasteiger partial charge in [0.15, 0.2) is 11.6 Å². The van der Waals surface area contributed by atoms with E-state index < -0.39 is 11.9 Å². The molecule has 0 aliphatic rings. The van der Waals surface area contributed by atoms with E-state index in [-0.39, 0.29) is 30.8 Å². The van der Waals surface area contributed by atoms with Crippen LogP contribution in [0.2, 0.25) is 0 Å². The molecule has 0 fully saturated rings. The number of aliphatic hydroxyl groups is 1. The number of benzene rings is 2. The zero-order valence-electron chi connectivity index (χ0n) is 16.8. The molecular formula is C23H28ClFN2O2. The van der Waals surface area contributed by atoms with Crippen LogP contribution in [0.3, 0.4) is 0 Å². The quantitative estimate of drug-likeness (QED) is 0.556. The fourth-order valence-electron chi connectivity index (χ4n) is 2.76. The van der Waals surface area contributed by atoms with Gasteiger partial charge in [-0.1, -0.05) is 36.4 Å². The van der Waals surface area contributed by atoms with Gasteiger partial charge in [0.2, 0.25) is 0 Å². The summed E-state index contributed by atoms with van der Waals surface area (Å²) in [5, 5.41) is 22.0. The van der Waals surface area contributed by atoms with Gasteiger partial charge in [0.05, 0.1) is 6.07 Å². The maximum absolute atomic E-state index is 14.1. The zero-order chi connectivity index (χ0) is 20.4. The van der Waals surface area contributed by atoms with Crippen molar-refractivity contribution in [3.05, 3.63) is 71.6 Å². The average Bonchev–Trinajstić information content (AvgIpc) is 2.70. The van der Waals surface area contributed by atoms with Crippen molar-refractivity contribution in [1.29, 1.82) is 5.26 Å². The van der Waals surface area contributed by atoms with Gasteiger partial charge in [0.1, 0.15) is 12.7 Å². The summed E-state index contributed by atoms with van der Waals surface area (Å²) in [7, 11) is 0. The number of halogens is 2. The highest BCUT2D eigenvalue weighted by molar-refractivity contribution is 5.85. The normalized spacial score (nSPS) is 13.1. The van der Waals surface area contributed by atoms with Gasteiger partial charge in [0, 0.05) is 18.7 Å². The number of allylic oxidation sites excluding steroid dienone is 2. The predicted octanol–water partition coefficient (Wildman–Crippen LogP) is 4.52. The number of hydrogen-bond donors (Lipinski definition) is 2. The van der Waals surface area contributed by atoms with Crippen LogP contribution < -0.4 is 10.1 Å². The highest BCUT2D eigenvalue weighted by Gasteiger charge is 2.11. The molecule has 2 rings (SSSR count). The largest absolute Gasteiger partial charge is 0.488 e. The molecule has 2 atom stereocenters. The second-order valence-electron chi connectivity index (χ2n) is 6.90. The molecule has 29 heavy (non-hydrogen) atoms. The lowest BCUT2D eigenvalue weighted by atomic mass is 10.1. The number of aryl methyl sites for hydroxylation is 1. The molecule has 0 heterocycles. The van der Waals surface area contributed by atoms with Crippen molar-refractivity contribution in [2.75, 3.05) is 13.2 Å². The van der Waals surface area contributed by atoms with E-state index in [1.807, 2.05) is 24.3 Å². The van der Waals surface area contributed by atoms with E-state index in [4.69, 9.17) is 10.00 Å². The summed E-state index contributed by atoms with van der Waals surface area (Å²) in [5.41, 5.74) is 2.60. The Balaban J connectivity index is 0.00000420. The maximum atomic E-state index is 14.1.